The molecule has 3 heterocycles. The van der Waals surface area contributed by atoms with Gasteiger partial charge in [-0.3, -0.25) is 4.79 Å². The van der Waals surface area contributed by atoms with Crippen molar-refractivity contribution in [2.24, 2.45) is 5.92 Å². The smallest absolute Gasteiger partial charge is 0.251 e. The van der Waals surface area contributed by atoms with E-state index in [-0.39, 0.29) is 11.9 Å². The molecule has 0 saturated carbocycles. The predicted octanol–water partition coefficient (Wildman–Crippen LogP) is 3.09. The zero-order valence-electron chi connectivity index (χ0n) is 14.4. The van der Waals surface area contributed by atoms with E-state index in [1.807, 2.05) is 54.6 Å². The van der Waals surface area contributed by atoms with Crippen LogP contribution in [0.2, 0.25) is 0 Å². The first kappa shape index (κ1) is 16.2. The van der Waals surface area contributed by atoms with Gasteiger partial charge in [0.15, 0.2) is 0 Å². The Balaban J connectivity index is 1.38. The number of amides is 1. The first-order valence-corrected chi connectivity index (χ1v) is 9.08. The zero-order valence-corrected chi connectivity index (χ0v) is 14.4. The van der Waals surface area contributed by atoms with Gasteiger partial charge in [-0.15, -0.1) is 0 Å². The topological polar surface area (TPSA) is 41.6 Å². The van der Waals surface area contributed by atoms with Gasteiger partial charge in [-0.25, -0.2) is 0 Å². The first-order valence-electron chi connectivity index (χ1n) is 9.08. The van der Waals surface area contributed by atoms with E-state index in [1.165, 1.54) is 25.9 Å². The van der Waals surface area contributed by atoms with Crippen LogP contribution in [-0.4, -0.2) is 36.5 Å². The lowest BCUT2D eigenvalue weighted by Gasteiger charge is -2.44. The number of rotatable bonds is 5. The van der Waals surface area contributed by atoms with Gasteiger partial charge in [0.05, 0.1) is 0 Å². The van der Waals surface area contributed by atoms with Crippen molar-refractivity contribution in [1.29, 1.82) is 0 Å². The molecule has 1 amide bonds. The molecule has 3 aliphatic rings. The molecule has 0 aliphatic carbocycles. The number of nitrogens with one attached hydrogen (secondary N) is 1. The largest absolute Gasteiger partial charge is 0.489 e. The first-order chi connectivity index (χ1) is 12.3. The number of fused-ring (bicyclic) bond motifs is 3. The molecular formula is C21H24N2O2. The highest BCUT2D eigenvalue weighted by Gasteiger charge is 2.34. The molecule has 1 unspecified atom stereocenters. The Morgan fingerprint density at radius 3 is 2.60 bits per heavy atom. The molecular weight excluding hydrogens is 312 g/mol. The Labute approximate surface area is 148 Å². The molecule has 0 radical (unpaired) electrons. The van der Waals surface area contributed by atoms with E-state index < -0.39 is 0 Å². The van der Waals surface area contributed by atoms with Crippen molar-refractivity contribution in [3.63, 3.8) is 0 Å². The lowest BCUT2D eigenvalue weighted by molar-refractivity contribution is 0.0620. The molecule has 3 saturated heterocycles. The summed E-state index contributed by atoms with van der Waals surface area (Å²) in [6.07, 6.45) is 2.40. The van der Waals surface area contributed by atoms with Crippen molar-refractivity contribution in [3.05, 3.63) is 65.7 Å². The quantitative estimate of drug-likeness (QED) is 0.912. The van der Waals surface area contributed by atoms with Gasteiger partial charge < -0.3 is 15.0 Å². The Kier molecular flexibility index (Phi) is 4.70. The molecule has 0 spiro atoms. The predicted molar refractivity (Wildman–Crippen MR) is 97.6 cm³/mol. The molecule has 4 nitrogen and oxygen atoms in total. The van der Waals surface area contributed by atoms with Crippen LogP contribution in [0.1, 0.15) is 28.8 Å². The molecule has 2 aromatic rings. The van der Waals surface area contributed by atoms with Crippen molar-refractivity contribution in [1.82, 2.24) is 10.2 Å². The molecule has 0 aromatic heterocycles. The summed E-state index contributed by atoms with van der Waals surface area (Å²) >= 11 is 0. The summed E-state index contributed by atoms with van der Waals surface area (Å²) in [5.41, 5.74) is 1.78. The zero-order chi connectivity index (χ0) is 17.1. The van der Waals surface area contributed by atoms with Crippen LogP contribution in [-0.2, 0) is 6.61 Å². The Bertz CT molecular complexity index is 724. The molecule has 2 aromatic carbocycles. The van der Waals surface area contributed by atoms with Gasteiger partial charge in [0, 0.05) is 18.2 Å². The third-order valence-corrected chi connectivity index (χ3v) is 5.32. The van der Waals surface area contributed by atoms with Crippen molar-refractivity contribution in [2.45, 2.75) is 25.5 Å². The van der Waals surface area contributed by atoms with Crippen LogP contribution >= 0.6 is 0 Å². The average Bonchev–Trinajstić information content (AvgIpc) is 2.68. The monoisotopic (exact) mass is 336 g/mol. The Morgan fingerprint density at radius 2 is 1.88 bits per heavy atom. The highest BCUT2D eigenvalue weighted by atomic mass is 16.5. The minimum absolute atomic E-state index is 0.00362. The standard InChI is InChI=1S/C21H24N2O2/c24-21(22-20-14-23-11-9-17(20)10-12-23)18-7-4-8-19(13-18)25-15-16-5-2-1-3-6-16/h1-8,13,17,20H,9-12,14-15H2,(H,22,24). The number of piperidine rings is 3. The third-order valence-electron chi connectivity index (χ3n) is 5.32. The number of nitrogens with zero attached hydrogens (tertiary/aromatic N) is 1. The highest BCUT2D eigenvalue weighted by molar-refractivity contribution is 5.94. The fraction of sp³-hybridized carbons (Fsp3) is 0.381. The van der Waals surface area contributed by atoms with E-state index in [4.69, 9.17) is 4.74 Å². The van der Waals surface area contributed by atoms with Crippen LogP contribution < -0.4 is 10.1 Å². The maximum absolute atomic E-state index is 12.6. The molecule has 4 heteroatoms. The average molecular weight is 336 g/mol. The number of hydrogen-bond donors (Lipinski definition) is 1. The lowest BCUT2D eigenvalue weighted by Crippen LogP contribution is -2.57. The van der Waals surface area contributed by atoms with Gasteiger partial charge in [-0.1, -0.05) is 36.4 Å². The summed E-state index contributed by atoms with van der Waals surface area (Å²) in [7, 11) is 0. The number of carbonyl (C=O) groups excluding carboxylic acids is 1. The van der Waals surface area contributed by atoms with Gasteiger partial charge in [0.2, 0.25) is 0 Å². The normalized spacial score (nSPS) is 24.7. The van der Waals surface area contributed by atoms with Crippen LogP contribution in [0.3, 0.4) is 0 Å². The van der Waals surface area contributed by atoms with E-state index >= 15 is 0 Å². The number of ether oxygens (including phenoxy) is 1. The molecule has 2 bridgehead atoms. The van der Waals surface area contributed by atoms with Crippen molar-refractivity contribution in [2.75, 3.05) is 19.6 Å². The van der Waals surface area contributed by atoms with Crippen LogP contribution in [0, 0.1) is 5.92 Å². The van der Waals surface area contributed by atoms with Crippen LogP contribution in [0.5, 0.6) is 5.75 Å². The molecule has 1 N–H and O–H groups in total. The van der Waals surface area contributed by atoms with Crippen LogP contribution in [0.15, 0.2) is 54.6 Å². The third kappa shape index (κ3) is 3.85. The van der Waals surface area contributed by atoms with Gasteiger partial charge in [-0.2, -0.15) is 0 Å². The lowest BCUT2D eigenvalue weighted by atomic mass is 9.84. The van der Waals surface area contributed by atoms with Crippen LogP contribution in [0.25, 0.3) is 0 Å². The Hall–Kier alpha value is -2.33. The summed E-state index contributed by atoms with van der Waals surface area (Å²) in [4.78, 5) is 15.1. The second-order valence-electron chi connectivity index (χ2n) is 7.02. The van der Waals surface area contributed by atoms with E-state index in [1.54, 1.807) is 0 Å². The second-order valence-corrected chi connectivity index (χ2v) is 7.02. The summed E-state index contributed by atoms with van der Waals surface area (Å²) < 4.78 is 5.83. The minimum atomic E-state index is 0.00362. The number of carbonyl (C=O) groups is 1. The van der Waals surface area contributed by atoms with Gasteiger partial charge in [-0.05, 0) is 55.6 Å². The van der Waals surface area contributed by atoms with Crippen molar-refractivity contribution >= 4 is 5.91 Å². The fourth-order valence-electron chi connectivity index (χ4n) is 3.85. The molecule has 3 fully saturated rings. The van der Waals surface area contributed by atoms with Gasteiger partial charge in [0.1, 0.15) is 12.4 Å². The second kappa shape index (κ2) is 7.28. The molecule has 130 valence electrons. The van der Waals surface area contributed by atoms with E-state index in [0.717, 1.165) is 17.9 Å². The SMILES string of the molecule is O=C(NC1CN2CCC1CC2)c1cccc(OCc2ccccc2)c1. The molecule has 3 aliphatic heterocycles. The molecule has 5 rings (SSSR count). The van der Waals surface area contributed by atoms with Crippen LogP contribution in [0.4, 0.5) is 0 Å². The van der Waals surface area contributed by atoms with Gasteiger partial charge in [0.25, 0.3) is 5.91 Å². The van der Waals surface area contributed by atoms with Crippen molar-refractivity contribution in [3.8, 4) is 5.75 Å². The summed E-state index contributed by atoms with van der Waals surface area (Å²) in [5.74, 6) is 1.36. The summed E-state index contributed by atoms with van der Waals surface area (Å²) in [5, 5.41) is 3.23. The van der Waals surface area contributed by atoms with Gasteiger partial charge >= 0.3 is 0 Å². The van der Waals surface area contributed by atoms with E-state index in [0.29, 0.717) is 18.1 Å². The highest BCUT2D eigenvalue weighted by Crippen LogP contribution is 2.27. The molecule has 1 atom stereocenters. The Morgan fingerprint density at radius 1 is 1.08 bits per heavy atom. The summed E-state index contributed by atoms with van der Waals surface area (Å²) in [6, 6.07) is 17.8. The maximum atomic E-state index is 12.6. The fourth-order valence-corrected chi connectivity index (χ4v) is 3.85. The number of benzene rings is 2. The van der Waals surface area contributed by atoms with E-state index in [9.17, 15) is 4.79 Å². The summed E-state index contributed by atoms with van der Waals surface area (Å²) in [6.45, 7) is 3.85. The maximum Gasteiger partial charge on any atom is 0.251 e. The van der Waals surface area contributed by atoms with E-state index in [2.05, 4.69) is 10.2 Å². The minimum Gasteiger partial charge on any atom is -0.489 e. The molecule has 25 heavy (non-hydrogen) atoms. The number of hydrogen-bond acceptors (Lipinski definition) is 3. The van der Waals surface area contributed by atoms with Crippen molar-refractivity contribution < 1.29 is 9.53 Å².